The van der Waals surface area contributed by atoms with Crippen LogP contribution in [-0.4, -0.2) is 27.7 Å². The summed E-state index contributed by atoms with van der Waals surface area (Å²) >= 11 is 0. The number of hydrogen-bond donors (Lipinski definition) is 1. The lowest BCUT2D eigenvalue weighted by Crippen LogP contribution is -2.31. The smallest absolute Gasteiger partial charge is 0.152 e. The van der Waals surface area contributed by atoms with E-state index in [1.54, 1.807) is 0 Å². The van der Waals surface area contributed by atoms with Crippen LogP contribution >= 0.6 is 0 Å². The average molecular weight is 270 g/mol. The van der Waals surface area contributed by atoms with Gasteiger partial charge in [0.2, 0.25) is 0 Å². The van der Waals surface area contributed by atoms with Crippen molar-refractivity contribution in [1.82, 2.24) is 14.5 Å². The number of imidazole rings is 1. The van der Waals surface area contributed by atoms with E-state index >= 15 is 0 Å². The van der Waals surface area contributed by atoms with Crippen molar-refractivity contribution in [2.45, 2.75) is 19.9 Å². The second kappa shape index (κ2) is 4.76. The Kier molecular flexibility index (Phi) is 3.06. The van der Waals surface area contributed by atoms with Crippen molar-refractivity contribution in [3.05, 3.63) is 29.0 Å². The fraction of sp³-hybridized carbons (Fsp3) is 0.333. The van der Waals surface area contributed by atoms with Gasteiger partial charge in [0.1, 0.15) is 11.3 Å². The fourth-order valence-electron chi connectivity index (χ4n) is 2.69. The van der Waals surface area contributed by atoms with Gasteiger partial charge in [-0.15, -0.1) is 0 Å². The van der Waals surface area contributed by atoms with Gasteiger partial charge in [-0.3, -0.25) is 0 Å². The molecule has 5 heteroatoms. The third kappa shape index (κ3) is 1.82. The van der Waals surface area contributed by atoms with E-state index < -0.39 is 0 Å². The van der Waals surface area contributed by atoms with Crippen LogP contribution in [0.15, 0.2) is 12.7 Å². The fourth-order valence-corrected chi connectivity index (χ4v) is 2.69. The van der Waals surface area contributed by atoms with E-state index in [1.165, 1.54) is 0 Å². The Morgan fingerprint density at radius 2 is 2.20 bits per heavy atom. The van der Waals surface area contributed by atoms with Gasteiger partial charge in [0.05, 0.1) is 24.1 Å². The number of anilines is 1. The molecule has 0 bridgehead atoms. The molecule has 3 rings (SSSR count). The molecule has 0 aromatic carbocycles. The zero-order valence-corrected chi connectivity index (χ0v) is 11.6. The molecule has 0 aliphatic carbocycles. The summed E-state index contributed by atoms with van der Waals surface area (Å²) in [5.41, 5.74) is 8.81. The molecule has 2 aromatic rings. The molecular formula is C15H18N4O. The molecule has 0 amide bonds. The van der Waals surface area contributed by atoms with Crippen molar-refractivity contribution in [3.63, 3.8) is 0 Å². The van der Waals surface area contributed by atoms with E-state index in [4.69, 9.17) is 10.5 Å². The van der Waals surface area contributed by atoms with E-state index in [0.717, 1.165) is 40.6 Å². The Morgan fingerprint density at radius 3 is 2.95 bits per heavy atom. The van der Waals surface area contributed by atoms with Gasteiger partial charge in [-0.1, -0.05) is 19.2 Å². The Morgan fingerprint density at radius 1 is 1.40 bits per heavy atom. The number of nitrogens with two attached hydrogens (primary N) is 1. The lowest BCUT2D eigenvalue weighted by molar-refractivity contribution is 0.140. The molecule has 2 N–H and O–H groups in total. The van der Waals surface area contributed by atoms with Gasteiger partial charge in [0, 0.05) is 18.2 Å². The van der Waals surface area contributed by atoms with Gasteiger partial charge in [-0.2, -0.15) is 0 Å². The second-order valence-electron chi connectivity index (χ2n) is 4.95. The van der Waals surface area contributed by atoms with Crippen molar-refractivity contribution in [3.8, 4) is 0 Å². The van der Waals surface area contributed by atoms with Crippen LogP contribution in [0, 0.1) is 0 Å². The van der Waals surface area contributed by atoms with Gasteiger partial charge in [-0.25, -0.2) is 9.97 Å². The molecule has 104 valence electrons. The first-order valence-electron chi connectivity index (χ1n) is 6.68. The number of rotatable bonds is 1. The normalized spacial score (nSPS) is 16.6. The number of nitrogens with zero attached hydrogens (tertiary/aromatic N) is 3. The number of ether oxygens (including phenoxy) is 1. The van der Waals surface area contributed by atoms with Crippen LogP contribution in [0.25, 0.3) is 23.2 Å². The van der Waals surface area contributed by atoms with Gasteiger partial charge >= 0.3 is 0 Å². The van der Waals surface area contributed by atoms with Crippen molar-refractivity contribution in [2.24, 2.45) is 0 Å². The number of aromatic nitrogens is 3. The van der Waals surface area contributed by atoms with Crippen LogP contribution in [0.1, 0.15) is 12.7 Å². The number of pyridine rings is 1. The SMILES string of the molecule is C=C/C(C)=c1\c(=C)nc(N)c2nc3n(c12)CCOCC3. The minimum atomic E-state index is 0.437. The molecule has 0 radical (unpaired) electrons. The zero-order chi connectivity index (χ0) is 14.3. The first kappa shape index (κ1) is 12.9. The van der Waals surface area contributed by atoms with E-state index in [1.807, 2.05) is 13.0 Å². The number of allylic oxidation sites excluding steroid dienone is 1. The molecule has 1 aliphatic rings. The summed E-state index contributed by atoms with van der Waals surface area (Å²) in [5.74, 6) is 1.43. The quantitative estimate of drug-likeness (QED) is 0.812. The van der Waals surface area contributed by atoms with Crippen molar-refractivity contribution in [2.75, 3.05) is 18.9 Å². The van der Waals surface area contributed by atoms with E-state index in [2.05, 4.69) is 27.7 Å². The molecule has 2 aromatic heterocycles. The third-order valence-corrected chi connectivity index (χ3v) is 3.70. The molecule has 0 fully saturated rings. The molecule has 0 saturated carbocycles. The molecule has 0 saturated heterocycles. The maximum atomic E-state index is 6.03. The monoisotopic (exact) mass is 270 g/mol. The van der Waals surface area contributed by atoms with Crippen molar-refractivity contribution < 1.29 is 4.74 Å². The summed E-state index contributed by atoms with van der Waals surface area (Å²) in [6.07, 6.45) is 2.60. The van der Waals surface area contributed by atoms with Crippen LogP contribution in [0.3, 0.4) is 0 Å². The van der Waals surface area contributed by atoms with E-state index in [0.29, 0.717) is 24.4 Å². The molecule has 5 nitrogen and oxygen atoms in total. The summed E-state index contributed by atoms with van der Waals surface area (Å²) in [4.78, 5) is 8.98. The first-order chi connectivity index (χ1) is 9.63. The van der Waals surface area contributed by atoms with Crippen molar-refractivity contribution >= 4 is 29.0 Å². The van der Waals surface area contributed by atoms with E-state index in [-0.39, 0.29) is 0 Å². The number of hydrogen-bond acceptors (Lipinski definition) is 4. The first-order valence-corrected chi connectivity index (χ1v) is 6.68. The maximum absolute atomic E-state index is 6.03. The highest BCUT2D eigenvalue weighted by molar-refractivity contribution is 5.87. The van der Waals surface area contributed by atoms with Crippen LogP contribution in [0.4, 0.5) is 5.82 Å². The Bertz CT molecular complexity index is 804. The topological polar surface area (TPSA) is 66.0 Å². The molecule has 1 aliphatic heterocycles. The van der Waals surface area contributed by atoms with Crippen molar-refractivity contribution in [1.29, 1.82) is 0 Å². The van der Waals surface area contributed by atoms with Crippen LogP contribution in [0.2, 0.25) is 0 Å². The molecule has 0 atom stereocenters. The van der Waals surface area contributed by atoms with Gasteiger partial charge in [-0.05, 0) is 12.5 Å². The minimum Gasteiger partial charge on any atom is -0.382 e. The summed E-state index contributed by atoms with van der Waals surface area (Å²) < 4.78 is 7.70. The summed E-state index contributed by atoms with van der Waals surface area (Å²) in [7, 11) is 0. The standard InChI is InChI=1S/C15H18N4O/c1-4-9(2)12-10(3)17-15(16)13-14(12)19-6-8-20-7-5-11(19)18-13/h4H,1,3,5-8H2,2H3,(H2,16,17)/b12-9+. The van der Waals surface area contributed by atoms with Gasteiger partial charge < -0.3 is 15.0 Å². The number of fused-ring (bicyclic) bond motifs is 3. The van der Waals surface area contributed by atoms with Gasteiger partial charge in [0.25, 0.3) is 0 Å². The molecular weight excluding hydrogens is 252 g/mol. The highest BCUT2D eigenvalue weighted by atomic mass is 16.5. The summed E-state index contributed by atoms with van der Waals surface area (Å²) in [6.45, 7) is 12.0. The molecule has 20 heavy (non-hydrogen) atoms. The number of nitrogen functional groups attached to an aromatic ring is 1. The van der Waals surface area contributed by atoms with Crippen LogP contribution in [0.5, 0.6) is 0 Å². The van der Waals surface area contributed by atoms with E-state index in [9.17, 15) is 0 Å². The van der Waals surface area contributed by atoms with Crippen LogP contribution < -0.4 is 16.3 Å². The third-order valence-electron chi connectivity index (χ3n) is 3.70. The average Bonchev–Trinajstić information content (AvgIpc) is 2.63. The highest BCUT2D eigenvalue weighted by Gasteiger charge is 2.17. The maximum Gasteiger partial charge on any atom is 0.152 e. The predicted molar refractivity (Wildman–Crippen MR) is 80.5 cm³/mol. The zero-order valence-electron chi connectivity index (χ0n) is 11.6. The Hall–Kier alpha value is -2.14. The summed E-state index contributed by atoms with van der Waals surface area (Å²) in [5, 5.41) is 1.64. The lowest BCUT2D eigenvalue weighted by atomic mass is 10.1. The molecule has 0 spiro atoms. The summed E-state index contributed by atoms with van der Waals surface area (Å²) in [6, 6.07) is 0. The Balaban J connectivity index is 2.54. The second-order valence-corrected chi connectivity index (χ2v) is 4.95. The molecule has 0 unspecified atom stereocenters. The van der Waals surface area contributed by atoms with Gasteiger partial charge in [0.15, 0.2) is 5.82 Å². The minimum absolute atomic E-state index is 0.437. The predicted octanol–water partition coefficient (Wildman–Crippen LogP) is 0.353. The largest absolute Gasteiger partial charge is 0.382 e. The highest BCUT2D eigenvalue weighted by Crippen LogP contribution is 2.18. The lowest BCUT2D eigenvalue weighted by Gasteiger charge is -2.06. The Labute approximate surface area is 117 Å². The molecule has 3 heterocycles. The van der Waals surface area contributed by atoms with Crippen LogP contribution in [-0.2, 0) is 17.7 Å².